The number of nitrogens with two attached hydrogens (primary N) is 1. The highest BCUT2D eigenvalue weighted by atomic mass is 35.5. The second-order valence-corrected chi connectivity index (χ2v) is 6.37. The first kappa shape index (κ1) is 16.0. The molecule has 0 spiro atoms. The largest absolute Gasteiger partial charge is 0.444 e. The van der Waals surface area contributed by atoms with Gasteiger partial charge in [-0.15, -0.1) is 12.4 Å². The lowest BCUT2D eigenvalue weighted by Gasteiger charge is -2.27. The van der Waals surface area contributed by atoms with Crippen LogP contribution in [0.2, 0.25) is 0 Å². The fourth-order valence-corrected chi connectivity index (χ4v) is 4.06. The summed E-state index contributed by atoms with van der Waals surface area (Å²) >= 11 is 0. The fraction of sp³-hybridized carbons (Fsp3) is 0.412. The molecule has 2 bridgehead atoms. The van der Waals surface area contributed by atoms with Gasteiger partial charge in [-0.25, -0.2) is 4.98 Å². The number of fused-ring (bicyclic) bond motifs is 2. The highest BCUT2D eigenvalue weighted by Gasteiger charge is 2.49. The van der Waals surface area contributed by atoms with Crippen LogP contribution in [0.5, 0.6) is 0 Å². The van der Waals surface area contributed by atoms with E-state index in [0.717, 1.165) is 24.1 Å². The first-order valence-corrected chi connectivity index (χ1v) is 7.78. The number of carbonyl (C=O) groups excluding carboxylic acids is 1. The van der Waals surface area contributed by atoms with Crippen LogP contribution in [-0.4, -0.2) is 16.9 Å². The summed E-state index contributed by atoms with van der Waals surface area (Å²) in [6.07, 6.45) is 6.48. The van der Waals surface area contributed by atoms with Gasteiger partial charge in [0.1, 0.15) is 0 Å². The van der Waals surface area contributed by atoms with Gasteiger partial charge in [-0.3, -0.25) is 4.79 Å². The fourth-order valence-electron chi connectivity index (χ4n) is 4.06. The summed E-state index contributed by atoms with van der Waals surface area (Å²) in [4.78, 5) is 16.5. The van der Waals surface area contributed by atoms with Gasteiger partial charge in [0, 0.05) is 17.3 Å². The number of halogens is 1. The smallest absolute Gasteiger partial charge is 0.229 e. The molecule has 0 aliphatic heterocycles. The highest BCUT2D eigenvalue weighted by Crippen LogP contribution is 2.47. The molecule has 4 rings (SSSR count). The van der Waals surface area contributed by atoms with Gasteiger partial charge in [-0.2, -0.15) is 0 Å². The minimum Gasteiger partial charge on any atom is -0.444 e. The van der Waals surface area contributed by atoms with Crippen molar-refractivity contribution in [2.75, 3.05) is 5.32 Å². The van der Waals surface area contributed by atoms with E-state index in [-0.39, 0.29) is 30.3 Å². The van der Waals surface area contributed by atoms with Crippen LogP contribution in [0.3, 0.4) is 0 Å². The van der Waals surface area contributed by atoms with E-state index in [1.807, 2.05) is 24.3 Å². The summed E-state index contributed by atoms with van der Waals surface area (Å²) in [7, 11) is 0. The van der Waals surface area contributed by atoms with Crippen molar-refractivity contribution in [3.63, 3.8) is 0 Å². The number of aromatic nitrogens is 1. The summed E-state index contributed by atoms with van der Waals surface area (Å²) in [5, 5.41) is 3.02. The third-order valence-corrected chi connectivity index (χ3v) is 5.13. The van der Waals surface area contributed by atoms with Gasteiger partial charge in [0.25, 0.3) is 0 Å². The number of oxazole rings is 1. The SMILES string of the molecule is Cl.NC1C2CCC(C2)C1C(=O)Nc1cccc(-c2cnco2)c1. The zero-order valence-electron chi connectivity index (χ0n) is 12.6. The molecule has 2 aliphatic rings. The summed E-state index contributed by atoms with van der Waals surface area (Å²) in [6.45, 7) is 0. The molecule has 1 aromatic carbocycles. The number of carbonyl (C=O) groups is 1. The molecule has 0 saturated heterocycles. The van der Waals surface area contributed by atoms with Gasteiger partial charge in [0.15, 0.2) is 12.2 Å². The lowest BCUT2D eigenvalue weighted by atomic mass is 9.84. The Labute approximate surface area is 141 Å². The molecule has 4 atom stereocenters. The van der Waals surface area contributed by atoms with Crippen molar-refractivity contribution in [2.45, 2.75) is 25.3 Å². The van der Waals surface area contributed by atoms with Crippen LogP contribution in [0.25, 0.3) is 11.3 Å². The number of anilines is 1. The van der Waals surface area contributed by atoms with Crippen LogP contribution in [0.15, 0.2) is 41.3 Å². The molecule has 1 aromatic heterocycles. The van der Waals surface area contributed by atoms with Gasteiger partial charge in [0.2, 0.25) is 5.91 Å². The molecule has 2 saturated carbocycles. The van der Waals surface area contributed by atoms with Crippen molar-refractivity contribution >= 4 is 24.0 Å². The van der Waals surface area contributed by atoms with Crippen molar-refractivity contribution in [3.05, 3.63) is 36.9 Å². The Bertz CT molecular complexity index is 687. The van der Waals surface area contributed by atoms with E-state index in [2.05, 4.69) is 10.3 Å². The monoisotopic (exact) mass is 333 g/mol. The van der Waals surface area contributed by atoms with Gasteiger partial charge in [0.05, 0.1) is 12.1 Å². The van der Waals surface area contributed by atoms with Crippen molar-refractivity contribution in [1.82, 2.24) is 4.98 Å². The first-order chi connectivity index (χ1) is 10.7. The molecule has 23 heavy (non-hydrogen) atoms. The molecule has 2 aromatic rings. The third kappa shape index (κ3) is 2.86. The van der Waals surface area contributed by atoms with Crippen LogP contribution in [0.1, 0.15) is 19.3 Å². The molecule has 1 heterocycles. The number of rotatable bonds is 3. The van der Waals surface area contributed by atoms with Crippen LogP contribution < -0.4 is 11.1 Å². The number of amides is 1. The molecule has 0 radical (unpaired) electrons. The van der Waals surface area contributed by atoms with Crippen molar-refractivity contribution in [2.24, 2.45) is 23.5 Å². The Morgan fingerprint density at radius 1 is 1.30 bits per heavy atom. The summed E-state index contributed by atoms with van der Waals surface area (Å²) in [5.74, 6) is 1.67. The van der Waals surface area contributed by atoms with Gasteiger partial charge >= 0.3 is 0 Å². The van der Waals surface area contributed by atoms with Gasteiger partial charge in [-0.05, 0) is 43.2 Å². The molecular formula is C17H20ClN3O2. The van der Waals surface area contributed by atoms with E-state index in [4.69, 9.17) is 10.2 Å². The molecule has 2 fully saturated rings. The number of nitrogens with zero attached hydrogens (tertiary/aromatic N) is 1. The Morgan fingerprint density at radius 2 is 2.13 bits per heavy atom. The van der Waals surface area contributed by atoms with Gasteiger partial charge in [-0.1, -0.05) is 12.1 Å². The first-order valence-electron chi connectivity index (χ1n) is 7.78. The van der Waals surface area contributed by atoms with Gasteiger partial charge < -0.3 is 15.5 Å². The van der Waals surface area contributed by atoms with Crippen LogP contribution in [-0.2, 0) is 4.79 Å². The molecule has 1 amide bonds. The predicted octanol–water partition coefficient (Wildman–Crippen LogP) is 3.08. The number of hydrogen-bond acceptors (Lipinski definition) is 4. The Kier molecular flexibility index (Phi) is 4.41. The molecular weight excluding hydrogens is 314 g/mol. The predicted molar refractivity (Wildman–Crippen MR) is 90.1 cm³/mol. The molecule has 2 aliphatic carbocycles. The molecule has 4 unspecified atom stereocenters. The van der Waals surface area contributed by atoms with E-state index in [9.17, 15) is 4.79 Å². The standard InChI is InChI=1S/C17H19N3O2.ClH/c18-16-12-5-4-11(6-12)15(16)17(21)20-13-3-1-2-10(7-13)14-8-19-9-22-14;/h1-3,7-9,11-12,15-16H,4-6,18H2,(H,20,21);1H. The maximum absolute atomic E-state index is 12.6. The van der Waals surface area contributed by atoms with Crippen molar-refractivity contribution in [1.29, 1.82) is 0 Å². The molecule has 3 N–H and O–H groups in total. The Hall–Kier alpha value is -1.85. The van der Waals surface area contributed by atoms with Crippen molar-refractivity contribution < 1.29 is 9.21 Å². The topological polar surface area (TPSA) is 81.2 Å². The highest BCUT2D eigenvalue weighted by molar-refractivity contribution is 5.94. The number of nitrogens with one attached hydrogen (secondary N) is 1. The average molecular weight is 334 g/mol. The molecule has 5 nitrogen and oxygen atoms in total. The molecule has 122 valence electrons. The number of benzene rings is 1. The van der Waals surface area contributed by atoms with E-state index in [0.29, 0.717) is 17.6 Å². The molecule has 6 heteroatoms. The minimum absolute atomic E-state index is 0. The average Bonchev–Trinajstić information content (AvgIpc) is 3.24. The minimum atomic E-state index is -0.0484. The van der Waals surface area contributed by atoms with E-state index >= 15 is 0 Å². The summed E-state index contributed by atoms with van der Waals surface area (Å²) in [6, 6.07) is 7.62. The van der Waals surface area contributed by atoms with E-state index < -0.39 is 0 Å². The maximum Gasteiger partial charge on any atom is 0.229 e. The Balaban J connectivity index is 0.00000156. The van der Waals surface area contributed by atoms with Crippen LogP contribution in [0, 0.1) is 17.8 Å². The Morgan fingerprint density at radius 3 is 2.83 bits per heavy atom. The van der Waals surface area contributed by atoms with E-state index in [1.54, 1.807) is 6.20 Å². The van der Waals surface area contributed by atoms with Crippen molar-refractivity contribution in [3.8, 4) is 11.3 Å². The lowest BCUT2D eigenvalue weighted by molar-refractivity contribution is -0.121. The normalized spacial score (nSPS) is 28.4. The van der Waals surface area contributed by atoms with Crippen LogP contribution in [0.4, 0.5) is 5.69 Å². The lowest BCUT2D eigenvalue weighted by Crippen LogP contribution is -2.42. The summed E-state index contributed by atoms with van der Waals surface area (Å²) < 4.78 is 5.29. The zero-order valence-corrected chi connectivity index (χ0v) is 13.5. The maximum atomic E-state index is 12.6. The summed E-state index contributed by atoms with van der Waals surface area (Å²) in [5.41, 5.74) is 7.91. The second kappa shape index (κ2) is 6.34. The zero-order chi connectivity index (χ0) is 15.1. The van der Waals surface area contributed by atoms with E-state index in [1.165, 1.54) is 12.8 Å². The van der Waals surface area contributed by atoms with Crippen LogP contribution >= 0.6 is 12.4 Å². The third-order valence-electron chi connectivity index (χ3n) is 5.13. The second-order valence-electron chi connectivity index (χ2n) is 6.37. The number of hydrogen-bond donors (Lipinski definition) is 2. The quantitative estimate of drug-likeness (QED) is 0.904.